The predicted molar refractivity (Wildman–Crippen MR) is 73.8 cm³/mol. The number of alkyl halides is 3. The summed E-state index contributed by atoms with van der Waals surface area (Å²) in [6, 6.07) is 5.36. The molecule has 2 aliphatic rings. The molecular weight excluding hydrogens is 279 g/mol. The Morgan fingerprint density at radius 2 is 1.81 bits per heavy atom. The summed E-state index contributed by atoms with van der Waals surface area (Å²) in [5.74, 6) is 0. The molecule has 0 amide bonds. The van der Waals surface area contributed by atoms with Gasteiger partial charge in [-0.3, -0.25) is 0 Å². The van der Waals surface area contributed by atoms with Gasteiger partial charge in [0.2, 0.25) is 0 Å². The summed E-state index contributed by atoms with van der Waals surface area (Å²) in [5.41, 5.74) is -1.03. The summed E-state index contributed by atoms with van der Waals surface area (Å²) in [6.45, 7) is 1.90. The minimum Gasteiger partial charge on any atom is -0.385 e. The maximum absolute atomic E-state index is 12.6. The average molecular weight is 299 g/mol. The van der Waals surface area contributed by atoms with E-state index in [0.717, 1.165) is 31.6 Å². The highest BCUT2D eigenvalue weighted by Crippen LogP contribution is 2.39. The SMILES string of the molecule is OC1(c2ccc(C(F)(F)F)cc2)CCN2CCCC[C@H]2C1. The van der Waals surface area contributed by atoms with Gasteiger partial charge in [0.25, 0.3) is 0 Å². The molecule has 116 valence electrons. The summed E-state index contributed by atoms with van der Waals surface area (Å²) in [7, 11) is 0. The first-order valence-corrected chi connectivity index (χ1v) is 7.53. The van der Waals surface area contributed by atoms with E-state index in [1.807, 2.05) is 0 Å². The quantitative estimate of drug-likeness (QED) is 0.857. The third-order valence-corrected chi connectivity index (χ3v) is 4.88. The Bertz CT molecular complexity index is 499. The van der Waals surface area contributed by atoms with Crippen LogP contribution >= 0.6 is 0 Å². The fourth-order valence-electron chi connectivity index (χ4n) is 3.64. The number of piperidine rings is 2. The molecule has 0 aliphatic carbocycles. The van der Waals surface area contributed by atoms with Gasteiger partial charge in [-0.25, -0.2) is 0 Å². The maximum Gasteiger partial charge on any atom is 0.416 e. The molecule has 0 radical (unpaired) electrons. The molecule has 2 saturated heterocycles. The van der Waals surface area contributed by atoms with Gasteiger partial charge >= 0.3 is 6.18 Å². The Hall–Kier alpha value is -1.07. The zero-order valence-corrected chi connectivity index (χ0v) is 11.9. The summed E-state index contributed by atoms with van der Waals surface area (Å²) in [6.07, 6.45) is 0.337. The number of halogens is 3. The molecule has 1 aromatic carbocycles. The fraction of sp³-hybridized carbons (Fsp3) is 0.625. The Morgan fingerprint density at radius 1 is 1.10 bits per heavy atom. The predicted octanol–water partition coefficient (Wildman–Crippen LogP) is 3.54. The van der Waals surface area contributed by atoms with Crippen molar-refractivity contribution >= 4 is 0 Å². The number of fused-ring (bicyclic) bond motifs is 1. The number of rotatable bonds is 1. The van der Waals surface area contributed by atoms with E-state index in [1.54, 1.807) is 0 Å². The molecule has 1 unspecified atom stereocenters. The summed E-state index contributed by atoms with van der Waals surface area (Å²) in [5, 5.41) is 10.9. The van der Waals surface area contributed by atoms with E-state index >= 15 is 0 Å². The molecule has 21 heavy (non-hydrogen) atoms. The topological polar surface area (TPSA) is 23.5 Å². The molecule has 2 atom stereocenters. The zero-order chi connectivity index (χ0) is 15.1. The Labute approximate surface area is 122 Å². The van der Waals surface area contributed by atoms with Gasteiger partial charge < -0.3 is 10.0 Å². The number of hydrogen-bond donors (Lipinski definition) is 1. The summed E-state index contributed by atoms with van der Waals surface area (Å²) in [4.78, 5) is 2.40. The fourth-order valence-corrected chi connectivity index (χ4v) is 3.64. The highest BCUT2D eigenvalue weighted by atomic mass is 19.4. The molecule has 3 rings (SSSR count). The van der Waals surface area contributed by atoms with Crippen LogP contribution < -0.4 is 0 Å². The van der Waals surface area contributed by atoms with Crippen LogP contribution in [0.5, 0.6) is 0 Å². The molecule has 0 spiro atoms. The molecule has 0 bridgehead atoms. The van der Waals surface area contributed by atoms with E-state index in [-0.39, 0.29) is 0 Å². The van der Waals surface area contributed by atoms with Gasteiger partial charge in [0.1, 0.15) is 0 Å². The molecule has 2 nitrogen and oxygen atoms in total. The van der Waals surface area contributed by atoms with Crippen LogP contribution in [-0.2, 0) is 11.8 Å². The van der Waals surface area contributed by atoms with Gasteiger partial charge in [-0.1, -0.05) is 18.6 Å². The standard InChI is InChI=1S/C16H20F3NO/c17-16(18,19)13-6-4-12(5-7-13)15(21)8-10-20-9-2-1-3-14(20)11-15/h4-7,14,21H,1-3,8-11H2/t14-,15?/m0/s1. The van der Waals surface area contributed by atoms with Crippen LogP contribution in [0.1, 0.15) is 43.2 Å². The average Bonchev–Trinajstić information content (AvgIpc) is 2.46. The first-order valence-electron chi connectivity index (χ1n) is 7.53. The minimum absolute atomic E-state index is 0.361. The molecule has 0 aromatic heterocycles. The highest BCUT2D eigenvalue weighted by molar-refractivity contribution is 5.29. The third-order valence-electron chi connectivity index (χ3n) is 4.88. The molecule has 2 fully saturated rings. The van der Waals surface area contributed by atoms with Crippen molar-refractivity contribution in [3.63, 3.8) is 0 Å². The number of hydrogen-bond acceptors (Lipinski definition) is 2. The molecular formula is C16H20F3NO. The van der Waals surface area contributed by atoms with Crippen molar-refractivity contribution in [2.45, 2.75) is 49.9 Å². The maximum atomic E-state index is 12.6. The van der Waals surface area contributed by atoms with Gasteiger partial charge in [0.15, 0.2) is 0 Å². The molecule has 5 heteroatoms. The van der Waals surface area contributed by atoms with Gasteiger partial charge in [-0.05, 0) is 49.9 Å². The number of benzene rings is 1. The normalized spacial score (nSPS) is 31.0. The van der Waals surface area contributed by atoms with Crippen LogP contribution in [0.25, 0.3) is 0 Å². The van der Waals surface area contributed by atoms with E-state index < -0.39 is 17.3 Å². The van der Waals surface area contributed by atoms with Crippen LogP contribution in [0.4, 0.5) is 13.2 Å². The molecule has 2 aliphatic heterocycles. The number of aliphatic hydroxyl groups is 1. The van der Waals surface area contributed by atoms with Crippen molar-refractivity contribution < 1.29 is 18.3 Å². The molecule has 1 N–H and O–H groups in total. The van der Waals surface area contributed by atoms with E-state index in [2.05, 4.69) is 4.90 Å². The minimum atomic E-state index is -4.33. The van der Waals surface area contributed by atoms with Crippen LogP contribution in [0.3, 0.4) is 0 Å². The first kappa shape index (κ1) is 14.9. The van der Waals surface area contributed by atoms with Crippen LogP contribution in [0.2, 0.25) is 0 Å². The zero-order valence-electron chi connectivity index (χ0n) is 11.9. The second kappa shape index (κ2) is 5.29. The largest absolute Gasteiger partial charge is 0.416 e. The van der Waals surface area contributed by atoms with Crippen molar-refractivity contribution in [3.05, 3.63) is 35.4 Å². The van der Waals surface area contributed by atoms with E-state index in [9.17, 15) is 18.3 Å². The van der Waals surface area contributed by atoms with Gasteiger partial charge in [-0.15, -0.1) is 0 Å². The molecule has 0 saturated carbocycles. The van der Waals surface area contributed by atoms with Crippen molar-refractivity contribution in [3.8, 4) is 0 Å². The smallest absolute Gasteiger partial charge is 0.385 e. The monoisotopic (exact) mass is 299 g/mol. The van der Waals surface area contributed by atoms with Crippen molar-refractivity contribution in [2.75, 3.05) is 13.1 Å². The summed E-state index contributed by atoms with van der Waals surface area (Å²) >= 11 is 0. The van der Waals surface area contributed by atoms with Gasteiger partial charge in [0.05, 0.1) is 11.2 Å². The lowest BCUT2D eigenvalue weighted by atomic mass is 9.78. The van der Waals surface area contributed by atoms with Crippen molar-refractivity contribution in [1.82, 2.24) is 4.90 Å². The van der Waals surface area contributed by atoms with E-state index in [0.29, 0.717) is 24.4 Å². The lowest BCUT2D eigenvalue weighted by Gasteiger charge is -2.46. The first-order chi connectivity index (χ1) is 9.88. The molecule has 2 heterocycles. The van der Waals surface area contributed by atoms with Crippen molar-refractivity contribution in [2.24, 2.45) is 0 Å². The van der Waals surface area contributed by atoms with Crippen LogP contribution in [0.15, 0.2) is 24.3 Å². The van der Waals surface area contributed by atoms with E-state index in [4.69, 9.17) is 0 Å². The second-order valence-corrected chi connectivity index (χ2v) is 6.25. The Balaban J connectivity index is 1.79. The summed E-state index contributed by atoms with van der Waals surface area (Å²) < 4.78 is 37.8. The van der Waals surface area contributed by atoms with Crippen LogP contribution in [0, 0.1) is 0 Å². The third kappa shape index (κ3) is 2.94. The Kier molecular flexibility index (Phi) is 3.74. The van der Waals surface area contributed by atoms with E-state index in [1.165, 1.54) is 25.0 Å². The molecule has 1 aromatic rings. The van der Waals surface area contributed by atoms with Gasteiger partial charge in [-0.2, -0.15) is 13.2 Å². The number of nitrogens with zero attached hydrogens (tertiary/aromatic N) is 1. The highest BCUT2D eigenvalue weighted by Gasteiger charge is 2.40. The van der Waals surface area contributed by atoms with Gasteiger partial charge in [0, 0.05) is 12.6 Å². The lowest BCUT2D eigenvalue weighted by molar-refractivity contribution is -0.137. The lowest BCUT2D eigenvalue weighted by Crippen LogP contribution is -2.50. The Morgan fingerprint density at radius 3 is 2.48 bits per heavy atom. The van der Waals surface area contributed by atoms with Crippen molar-refractivity contribution in [1.29, 1.82) is 0 Å². The second-order valence-electron chi connectivity index (χ2n) is 6.25. The van der Waals surface area contributed by atoms with Crippen LogP contribution in [-0.4, -0.2) is 29.1 Å².